The average molecular weight is 378 g/mol. The number of halogens is 3. The third kappa shape index (κ3) is 4.78. The van der Waals surface area contributed by atoms with Gasteiger partial charge in [0.15, 0.2) is 5.69 Å². The number of alkyl halides is 3. The quantitative estimate of drug-likeness (QED) is 0.864. The van der Waals surface area contributed by atoms with Crippen LogP contribution in [0.15, 0.2) is 42.6 Å². The van der Waals surface area contributed by atoms with E-state index < -0.39 is 11.7 Å². The van der Waals surface area contributed by atoms with Crippen molar-refractivity contribution in [3.63, 3.8) is 0 Å². The van der Waals surface area contributed by atoms with Crippen LogP contribution in [0.3, 0.4) is 0 Å². The highest BCUT2D eigenvalue weighted by atomic mass is 19.4. The Morgan fingerprint density at radius 3 is 2.81 bits per heavy atom. The van der Waals surface area contributed by atoms with Crippen LogP contribution in [-0.2, 0) is 12.6 Å². The number of carbonyl (C=O) groups excluding carboxylic acids is 1. The van der Waals surface area contributed by atoms with Crippen LogP contribution in [0.4, 0.5) is 13.2 Å². The van der Waals surface area contributed by atoms with E-state index in [-0.39, 0.29) is 23.3 Å². The van der Waals surface area contributed by atoms with Gasteiger partial charge in [0.25, 0.3) is 5.91 Å². The number of hydrogen-bond acceptors (Lipinski definition) is 3. The van der Waals surface area contributed by atoms with Gasteiger partial charge < -0.3 is 10.0 Å². The lowest BCUT2D eigenvalue weighted by Crippen LogP contribution is -2.40. The zero-order valence-corrected chi connectivity index (χ0v) is 14.7. The number of nitrogens with zero attached hydrogens (tertiary/aromatic N) is 2. The number of likely N-dealkylation sites (tertiary alicyclic amines) is 1. The van der Waals surface area contributed by atoms with E-state index in [4.69, 9.17) is 0 Å². The zero-order valence-electron chi connectivity index (χ0n) is 14.7. The number of aryl methyl sites for hydroxylation is 1. The molecule has 0 aliphatic carbocycles. The molecule has 0 unspecified atom stereocenters. The summed E-state index contributed by atoms with van der Waals surface area (Å²) in [6.45, 7) is 1.11. The minimum atomic E-state index is -4.34. The van der Waals surface area contributed by atoms with Gasteiger partial charge in [-0.2, -0.15) is 13.2 Å². The summed E-state index contributed by atoms with van der Waals surface area (Å²) in [6.07, 6.45) is 0.116. The number of aromatic hydroxyl groups is 1. The van der Waals surface area contributed by atoms with E-state index >= 15 is 0 Å². The first-order valence-corrected chi connectivity index (χ1v) is 8.94. The zero-order chi connectivity index (χ0) is 19.4. The van der Waals surface area contributed by atoms with Crippen molar-refractivity contribution >= 4 is 5.91 Å². The SMILES string of the molecule is O=C(c1ncccc1O)N1CCC[C@H](CCc2cccc(C(F)(F)F)c2)C1. The van der Waals surface area contributed by atoms with Gasteiger partial charge in [0.1, 0.15) is 5.75 Å². The molecular weight excluding hydrogens is 357 g/mol. The average Bonchev–Trinajstić information content (AvgIpc) is 2.66. The Morgan fingerprint density at radius 1 is 1.26 bits per heavy atom. The van der Waals surface area contributed by atoms with Crippen molar-refractivity contribution in [2.45, 2.75) is 31.9 Å². The topological polar surface area (TPSA) is 53.4 Å². The van der Waals surface area contributed by atoms with E-state index in [2.05, 4.69) is 4.98 Å². The Hall–Kier alpha value is -2.57. The number of carbonyl (C=O) groups is 1. The molecule has 1 atom stereocenters. The van der Waals surface area contributed by atoms with E-state index in [1.807, 2.05) is 0 Å². The van der Waals surface area contributed by atoms with Crippen molar-refractivity contribution in [2.24, 2.45) is 5.92 Å². The second-order valence-corrected chi connectivity index (χ2v) is 6.87. The Kier molecular flexibility index (Phi) is 5.68. The minimum Gasteiger partial charge on any atom is -0.505 e. The van der Waals surface area contributed by atoms with Crippen LogP contribution in [0, 0.1) is 5.92 Å². The number of rotatable bonds is 4. The summed E-state index contributed by atoms with van der Waals surface area (Å²) in [5.74, 6) is -0.242. The van der Waals surface area contributed by atoms with Crippen LogP contribution in [0.5, 0.6) is 5.75 Å². The highest BCUT2D eigenvalue weighted by molar-refractivity contribution is 5.94. The molecule has 1 fully saturated rings. The lowest BCUT2D eigenvalue weighted by atomic mass is 9.91. The number of piperidine rings is 1. The van der Waals surface area contributed by atoms with Gasteiger partial charge >= 0.3 is 6.18 Å². The Bertz CT molecular complexity index is 808. The van der Waals surface area contributed by atoms with E-state index in [1.165, 1.54) is 24.4 Å². The Labute approximate surface area is 155 Å². The van der Waals surface area contributed by atoms with Gasteiger partial charge in [0.2, 0.25) is 0 Å². The van der Waals surface area contributed by atoms with Gasteiger partial charge in [0, 0.05) is 19.3 Å². The lowest BCUT2D eigenvalue weighted by Gasteiger charge is -2.32. The van der Waals surface area contributed by atoms with E-state index in [0.29, 0.717) is 31.5 Å². The van der Waals surface area contributed by atoms with Gasteiger partial charge in [-0.15, -0.1) is 0 Å². The van der Waals surface area contributed by atoms with Crippen molar-refractivity contribution in [3.05, 3.63) is 59.4 Å². The number of hydrogen-bond donors (Lipinski definition) is 1. The summed E-state index contributed by atoms with van der Waals surface area (Å²) in [7, 11) is 0. The molecule has 1 saturated heterocycles. The van der Waals surface area contributed by atoms with Crippen molar-refractivity contribution in [3.8, 4) is 5.75 Å². The van der Waals surface area contributed by atoms with Gasteiger partial charge in [-0.1, -0.05) is 18.2 Å². The maximum Gasteiger partial charge on any atom is 0.416 e. The first-order chi connectivity index (χ1) is 12.8. The lowest BCUT2D eigenvalue weighted by molar-refractivity contribution is -0.137. The van der Waals surface area contributed by atoms with Gasteiger partial charge in [-0.25, -0.2) is 4.98 Å². The van der Waals surface area contributed by atoms with Crippen LogP contribution < -0.4 is 0 Å². The highest BCUT2D eigenvalue weighted by Gasteiger charge is 2.30. The molecule has 144 valence electrons. The fourth-order valence-electron chi connectivity index (χ4n) is 3.47. The van der Waals surface area contributed by atoms with Crippen LogP contribution in [0.25, 0.3) is 0 Å². The number of benzene rings is 1. The van der Waals surface area contributed by atoms with Crippen molar-refractivity contribution < 1.29 is 23.1 Å². The largest absolute Gasteiger partial charge is 0.505 e. The van der Waals surface area contributed by atoms with Crippen LogP contribution in [-0.4, -0.2) is 34.0 Å². The van der Waals surface area contributed by atoms with Crippen LogP contribution >= 0.6 is 0 Å². The molecule has 1 amide bonds. The fourth-order valence-corrected chi connectivity index (χ4v) is 3.47. The molecular formula is C20H21F3N2O2. The number of aromatic nitrogens is 1. The molecule has 1 N–H and O–H groups in total. The first-order valence-electron chi connectivity index (χ1n) is 8.94. The Morgan fingerprint density at radius 2 is 2.07 bits per heavy atom. The Balaban J connectivity index is 1.61. The van der Waals surface area contributed by atoms with Crippen molar-refractivity contribution in [1.29, 1.82) is 0 Å². The summed E-state index contributed by atoms with van der Waals surface area (Å²) >= 11 is 0. The maximum absolute atomic E-state index is 12.8. The molecule has 1 aliphatic rings. The number of amides is 1. The second-order valence-electron chi connectivity index (χ2n) is 6.87. The normalized spacial score (nSPS) is 17.7. The smallest absolute Gasteiger partial charge is 0.416 e. The van der Waals surface area contributed by atoms with Crippen molar-refractivity contribution in [2.75, 3.05) is 13.1 Å². The maximum atomic E-state index is 12.8. The molecule has 1 aromatic carbocycles. The molecule has 2 aromatic rings. The van der Waals surface area contributed by atoms with Crippen LogP contribution in [0.2, 0.25) is 0 Å². The summed E-state index contributed by atoms with van der Waals surface area (Å²) < 4.78 is 38.5. The van der Waals surface area contributed by atoms with E-state index in [9.17, 15) is 23.1 Å². The molecule has 4 nitrogen and oxygen atoms in total. The van der Waals surface area contributed by atoms with Gasteiger partial charge in [0.05, 0.1) is 5.56 Å². The molecule has 7 heteroatoms. The standard InChI is InChI=1S/C20H21F3N2O2/c21-20(22,23)16-6-1-4-14(12-16)8-9-15-5-3-11-25(13-15)19(27)18-17(26)7-2-10-24-18/h1-2,4,6-7,10,12,15,26H,3,5,8-9,11,13H2/t15-/m1/s1. The summed E-state index contributed by atoms with van der Waals surface area (Å²) in [6, 6.07) is 8.38. The number of pyridine rings is 1. The van der Waals surface area contributed by atoms with Gasteiger partial charge in [-0.3, -0.25) is 4.79 Å². The third-order valence-electron chi connectivity index (χ3n) is 4.89. The second kappa shape index (κ2) is 7.98. The third-order valence-corrected chi connectivity index (χ3v) is 4.89. The molecule has 2 heterocycles. The molecule has 1 aromatic heterocycles. The molecule has 27 heavy (non-hydrogen) atoms. The molecule has 0 spiro atoms. The minimum absolute atomic E-state index is 0.0380. The van der Waals surface area contributed by atoms with E-state index in [1.54, 1.807) is 17.0 Å². The molecule has 0 saturated carbocycles. The van der Waals surface area contributed by atoms with E-state index in [0.717, 1.165) is 18.9 Å². The molecule has 1 aliphatic heterocycles. The first kappa shape index (κ1) is 19.2. The molecule has 0 bridgehead atoms. The van der Waals surface area contributed by atoms with Crippen molar-refractivity contribution in [1.82, 2.24) is 9.88 Å². The summed E-state index contributed by atoms with van der Waals surface area (Å²) in [5.41, 5.74) is 0.0535. The predicted molar refractivity (Wildman–Crippen MR) is 94.3 cm³/mol. The molecule has 0 radical (unpaired) electrons. The highest BCUT2D eigenvalue weighted by Crippen LogP contribution is 2.30. The van der Waals surface area contributed by atoms with Gasteiger partial charge in [-0.05, 0) is 55.4 Å². The monoisotopic (exact) mass is 378 g/mol. The predicted octanol–water partition coefficient (Wildman–Crippen LogP) is 4.29. The summed E-state index contributed by atoms with van der Waals surface area (Å²) in [4.78, 5) is 18.2. The fraction of sp³-hybridized carbons (Fsp3) is 0.400. The van der Waals surface area contributed by atoms with Crippen LogP contribution in [0.1, 0.15) is 40.9 Å². The summed E-state index contributed by atoms with van der Waals surface area (Å²) in [5, 5.41) is 9.82. The molecule has 3 rings (SSSR count).